The topological polar surface area (TPSA) is 66.5 Å². The Morgan fingerprint density at radius 1 is 0.900 bits per heavy atom. The van der Waals surface area contributed by atoms with E-state index in [1.807, 2.05) is 67.6 Å². The second-order valence-electron chi connectivity index (χ2n) is 7.34. The molecule has 0 radical (unpaired) electrons. The van der Waals surface area contributed by atoms with Crippen LogP contribution in [0.25, 0.3) is 0 Å². The third-order valence-corrected chi connectivity index (χ3v) is 6.77. The van der Waals surface area contributed by atoms with Crippen LogP contribution in [0.1, 0.15) is 30.4 Å². The second kappa shape index (κ2) is 9.69. The number of hydrogen-bond acceptors (Lipinski definition) is 3. The van der Waals surface area contributed by atoms with Gasteiger partial charge in [-0.25, -0.2) is 8.42 Å². The maximum Gasteiger partial charge on any atom is 0.243 e. The minimum atomic E-state index is -3.62. The third-order valence-electron chi connectivity index (χ3n) is 4.95. The Labute approximate surface area is 178 Å². The molecule has 6 heteroatoms. The van der Waals surface area contributed by atoms with Gasteiger partial charge in [0.25, 0.3) is 0 Å². The lowest BCUT2D eigenvalue weighted by Gasteiger charge is -2.17. The Morgan fingerprint density at radius 2 is 1.47 bits per heavy atom. The smallest absolute Gasteiger partial charge is 0.243 e. The fraction of sp³-hybridized carbons (Fsp3) is 0.208. The molecule has 1 N–H and O–H groups in total. The van der Waals surface area contributed by atoms with Crippen molar-refractivity contribution in [2.45, 2.75) is 30.7 Å². The molecule has 3 aromatic rings. The van der Waals surface area contributed by atoms with Gasteiger partial charge in [-0.3, -0.25) is 4.79 Å². The molecule has 0 aromatic heterocycles. The highest BCUT2D eigenvalue weighted by Gasteiger charge is 2.21. The van der Waals surface area contributed by atoms with E-state index in [9.17, 15) is 13.2 Å². The van der Waals surface area contributed by atoms with Crippen molar-refractivity contribution in [3.63, 3.8) is 0 Å². The van der Waals surface area contributed by atoms with Crippen molar-refractivity contribution in [2.24, 2.45) is 0 Å². The van der Waals surface area contributed by atoms with Crippen molar-refractivity contribution in [3.05, 3.63) is 96.1 Å². The molecule has 5 nitrogen and oxygen atoms in total. The number of anilines is 1. The molecule has 0 bridgehead atoms. The number of benzene rings is 3. The van der Waals surface area contributed by atoms with E-state index in [0.29, 0.717) is 18.7 Å². The first-order chi connectivity index (χ1) is 14.4. The van der Waals surface area contributed by atoms with Crippen molar-refractivity contribution < 1.29 is 13.2 Å². The second-order valence-corrected chi connectivity index (χ2v) is 9.38. The van der Waals surface area contributed by atoms with Crippen LogP contribution in [0, 0.1) is 0 Å². The van der Waals surface area contributed by atoms with Crippen LogP contribution in [-0.2, 0) is 21.4 Å². The predicted molar refractivity (Wildman–Crippen MR) is 120 cm³/mol. The molecule has 156 valence electrons. The molecule has 0 spiro atoms. The van der Waals surface area contributed by atoms with Gasteiger partial charge in [-0.15, -0.1) is 0 Å². The highest BCUT2D eigenvalue weighted by Crippen LogP contribution is 2.21. The zero-order valence-electron chi connectivity index (χ0n) is 17.2. The third kappa shape index (κ3) is 5.55. The molecule has 0 saturated heterocycles. The summed E-state index contributed by atoms with van der Waals surface area (Å²) >= 11 is 0. The molecule has 0 fully saturated rings. The van der Waals surface area contributed by atoms with E-state index in [-0.39, 0.29) is 16.7 Å². The van der Waals surface area contributed by atoms with E-state index >= 15 is 0 Å². The minimum absolute atomic E-state index is 0.0949. The van der Waals surface area contributed by atoms with E-state index in [2.05, 4.69) is 5.32 Å². The SMILES string of the molecule is C[C@@H](CC(=O)Nc1ccc(S(=O)(=O)N(C)Cc2ccccc2)cc1)c1ccccc1. The number of nitrogens with one attached hydrogen (secondary N) is 1. The first-order valence-electron chi connectivity index (χ1n) is 9.81. The Morgan fingerprint density at radius 3 is 2.07 bits per heavy atom. The van der Waals surface area contributed by atoms with E-state index in [1.54, 1.807) is 19.2 Å². The van der Waals surface area contributed by atoms with Crippen LogP contribution in [0.5, 0.6) is 0 Å². The maximum absolute atomic E-state index is 12.8. The van der Waals surface area contributed by atoms with Crippen LogP contribution in [0.15, 0.2) is 89.8 Å². The molecule has 0 aliphatic heterocycles. The van der Waals surface area contributed by atoms with Gasteiger partial charge in [0.05, 0.1) is 4.90 Å². The first kappa shape index (κ1) is 21.7. The van der Waals surface area contributed by atoms with Crippen LogP contribution in [-0.4, -0.2) is 25.7 Å². The van der Waals surface area contributed by atoms with Gasteiger partial charge in [0.15, 0.2) is 0 Å². The lowest BCUT2D eigenvalue weighted by Crippen LogP contribution is -2.26. The molecular weight excluding hydrogens is 396 g/mol. The van der Waals surface area contributed by atoms with Crippen LogP contribution in [0.4, 0.5) is 5.69 Å². The molecule has 3 aromatic carbocycles. The molecule has 30 heavy (non-hydrogen) atoms. The van der Waals surface area contributed by atoms with Gasteiger partial charge in [0, 0.05) is 25.7 Å². The van der Waals surface area contributed by atoms with Crippen LogP contribution >= 0.6 is 0 Å². The number of hydrogen-bond donors (Lipinski definition) is 1. The molecule has 1 amide bonds. The summed E-state index contributed by atoms with van der Waals surface area (Å²) in [6, 6.07) is 25.6. The molecule has 0 saturated carbocycles. The summed E-state index contributed by atoms with van der Waals surface area (Å²) in [7, 11) is -2.06. The molecule has 0 aliphatic carbocycles. The summed E-state index contributed by atoms with van der Waals surface area (Å²) in [4.78, 5) is 12.5. The summed E-state index contributed by atoms with van der Waals surface area (Å²) in [5, 5.41) is 2.84. The Hall–Kier alpha value is -2.96. The molecular formula is C24H26N2O3S. The molecule has 3 rings (SSSR count). The van der Waals surface area contributed by atoms with Gasteiger partial charge in [-0.05, 0) is 41.3 Å². The average molecular weight is 423 g/mol. The number of carbonyl (C=O) groups is 1. The standard InChI is InChI=1S/C24H26N2O3S/c1-19(21-11-7-4-8-12-21)17-24(27)25-22-13-15-23(16-14-22)30(28,29)26(2)18-20-9-5-3-6-10-20/h3-16,19H,17-18H2,1-2H3,(H,25,27)/t19-/m0/s1. The van der Waals surface area contributed by atoms with E-state index < -0.39 is 10.0 Å². The lowest BCUT2D eigenvalue weighted by molar-refractivity contribution is -0.116. The van der Waals surface area contributed by atoms with Gasteiger partial charge in [0.2, 0.25) is 15.9 Å². The van der Waals surface area contributed by atoms with Gasteiger partial charge in [-0.2, -0.15) is 4.31 Å². The van der Waals surface area contributed by atoms with E-state index in [1.165, 1.54) is 16.4 Å². The normalized spacial score (nSPS) is 12.5. The zero-order valence-corrected chi connectivity index (χ0v) is 18.0. The average Bonchev–Trinajstić information content (AvgIpc) is 2.75. The minimum Gasteiger partial charge on any atom is -0.326 e. The van der Waals surface area contributed by atoms with Gasteiger partial charge in [-0.1, -0.05) is 67.6 Å². The van der Waals surface area contributed by atoms with Gasteiger partial charge >= 0.3 is 0 Å². The summed E-state index contributed by atoms with van der Waals surface area (Å²) in [6.45, 7) is 2.30. The number of amides is 1. The predicted octanol–water partition coefficient (Wildman–Crippen LogP) is 4.64. The number of nitrogens with zero attached hydrogens (tertiary/aromatic N) is 1. The summed E-state index contributed by atoms with van der Waals surface area (Å²) in [6.07, 6.45) is 0.351. The van der Waals surface area contributed by atoms with E-state index in [4.69, 9.17) is 0 Å². The van der Waals surface area contributed by atoms with E-state index in [0.717, 1.165) is 11.1 Å². The van der Waals surface area contributed by atoms with Crippen molar-refractivity contribution in [1.82, 2.24) is 4.31 Å². The first-order valence-corrected chi connectivity index (χ1v) is 11.3. The number of rotatable bonds is 8. The zero-order chi connectivity index (χ0) is 21.6. The number of sulfonamides is 1. The van der Waals surface area contributed by atoms with Crippen molar-refractivity contribution in [2.75, 3.05) is 12.4 Å². The molecule has 0 heterocycles. The molecule has 1 atom stereocenters. The largest absolute Gasteiger partial charge is 0.326 e. The van der Waals surface area contributed by atoms with Crippen molar-refractivity contribution in [3.8, 4) is 0 Å². The van der Waals surface area contributed by atoms with Crippen molar-refractivity contribution in [1.29, 1.82) is 0 Å². The van der Waals surface area contributed by atoms with Gasteiger partial charge < -0.3 is 5.32 Å². The number of carbonyl (C=O) groups excluding carboxylic acids is 1. The Balaban J connectivity index is 1.61. The summed E-state index contributed by atoms with van der Waals surface area (Å²) < 4.78 is 26.9. The lowest BCUT2D eigenvalue weighted by atomic mass is 9.97. The fourth-order valence-corrected chi connectivity index (χ4v) is 4.36. The van der Waals surface area contributed by atoms with Crippen LogP contribution in [0.2, 0.25) is 0 Å². The maximum atomic E-state index is 12.8. The van der Waals surface area contributed by atoms with Crippen molar-refractivity contribution >= 4 is 21.6 Å². The summed E-state index contributed by atoms with van der Waals surface area (Å²) in [5.41, 5.74) is 2.60. The quantitative estimate of drug-likeness (QED) is 0.575. The fourth-order valence-electron chi connectivity index (χ4n) is 3.21. The molecule has 0 aliphatic rings. The Kier molecular flexibility index (Phi) is 7.03. The van der Waals surface area contributed by atoms with Gasteiger partial charge in [0.1, 0.15) is 0 Å². The van der Waals surface area contributed by atoms with Crippen LogP contribution < -0.4 is 5.32 Å². The highest BCUT2D eigenvalue weighted by atomic mass is 32.2. The Bertz CT molecular complexity index is 1070. The monoisotopic (exact) mass is 422 g/mol. The van der Waals surface area contributed by atoms with Crippen LogP contribution in [0.3, 0.4) is 0 Å². The highest BCUT2D eigenvalue weighted by molar-refractivity contribution is 7.89. The summed E-state index contributed by atoms with van der Waals surface area (Å²) in [5.74, 6) is -0.0133. The molecule has 0 unspecified atom stereocenters.